The maximum absolute atomic E-state index is 2.58. The monoisotopic (exact) mass is 176 g/mol. The first-order valence-electron chi connectivity index (χ1n) is 4.92. The molecule has 1 aliphatic rings. The summed E-state index contributed by atoms with van der Waals surface area (Å²) < 4.78 is 0. The number of hydrogen-bond acceptors (Lipinski definition) is 0. The predicted molar refractivity (Wildman–Crippen MR) is 59.2 cm³/mol. The van der Waals surface area contributed by atoms with Crippen molar-refractivity contribution >= 4 is 9.24 Å². The molecule has 0 aliphatic heterocycles. The van der Waals surface area contributed by atoms with Crippen LogP contribution >= 0.6 is 9.24 Å². The summed E-state index contributed by atoms with van der Waals surface area (Å²) in [5.74, 6) is 1.06. The highest BCUT2D eigenvalue weighted by Gasteiger charge is 2.09. The molecule has 0 aromatic carbocycles. The second-order valence-corrected chi connectivity index (χ2v) is 3.97. The molecule has 0 aromatic heterocycles. The maximum Gasteiger partial charge on any atom is -0.0410 e. The van der Waals surface area contributed by atoms with Crippen LogP contribution in [0.2, 0.25) is 0 Å². The highest BCUT2D eigenvalue weighted by atomic mass is 31.0. The van der Waals surface area contributed by atoms with E-state index in [4.69, 9.17) is 0 Å². The maximum atomic E-state index is 2.58. The van der Waals surface area contributed by atoms with E-state index in [-0.39, 0.29) is 0 Å². The molecule has 0 radical (unpaired) electrons. The van der Waals surface area contributed by atoms with Crippen LogP contribution in [0.3, 0.4) is 0 Å². The Bertz CT molecular complexity index is 46.8. The molecule has 1 aliphatic carbocycles. The van der Waals surface area contributed by atoms with Crippen LogP contribution in [-0.4, -0.2) is 6.16 Å². The lowest BCUT2D eigenvalue weighted by atomic mass is 9.88. The lowest BCUT2D eigenvalue weighted by Crippen LogP contribution is -2.04. The largest absolute Gasteiger partial charge is 0.138 e. The molecule has 1 saturated carbocycles. The van der Waals surface area contributed by atoms with Gasteiger partial charge in [-0.2, -0.15) is 0 Å². The van der Waals surface area contributed by atoms with E-state index in [1.54, 1.807) is 0 Å². The fourth-order valence-electron chi connectivity index (χ4n) is 0.612. The molecule has 0 saturated heterocycles. The zero-order chi connectivity index (χ0) is 9.11. The van der Waals surface area contributed by atoms with Crippen molar-refractivity contribution in [3.63, 3.8) is 0 Å². The molecular formula is C10H25P. The minimum atomic E-state index is 1.06. The van der Waals surface area contributed by atoms with Gasteiger partial charge >= 0.3 is 0 Å². The van der Waals surface area contributed by atoms with Crippen molar-refractivity contribution in [3.8, 4) is 0 Å². The van der Waals surface area contributed by atoms with E-state index >= 15 is 0 Å². The molecule has 70 valence electrons. The van der Waals surface area contributed by atoms with Crippen LogP contribution in [-0.2, 0) is 0 Å². The quantitative estimate of drug-likeness (QED) is 0.487. The van der Waals surface area contributed by atoms with Crippen LogP contribution < -0.4 is 0 Å². The van der Waals surface area contributed by atoms with Gasteiger partial charge in [-0.3, -0.25) is 0 Å². The third-order valence-corrected chi connectivity index (χ3v) is 1.39. The highest BCUT2D eigenvalue weighted by Crippen LogP contribution is 2.24. The first-order valence-corrected chi connectivity index (χ1v) is 5.74. The topological polar surface area (TPSA) is 0 Å². The van der Waals surface area contributed by atoms with Crippen molar-refractivity contribution in [2.75, 3.05) is 6.16 Å². The molecule has 0 spiro atoms. The lowest BCUT2D eigenvalue weighted by Gasteiger charge is -2.18. The van der Waals surface area contributed by atoms with E-state index in [2.05, 4.69) is 36.9 Å². The van der Waals surface area contributed by atoms with Crippen LogP contribution in [0.25, 0.3) is 0 Å². The normalized spacial score (nSPS) is 15.0. The summed E-state index contributed by atoms with van der Waals surface area (Å²) in [6.45, 7) is 8.65. The van der Waals surface area contributed by atoms with Gasteiger partial charge in [-0.1, -0.05) is 53.4 Å². The van der Waals surface area contributed by atoms with E-state index in [9.17, 15) is 0 Å². The fourth-order valence-corrected chi connectivity index (χ4v) is 0.612. The second-order valence-electron chi connectivity index (χ2n) is 3.15. The SMILES string of the molecule is CC1CCC1.CCC.CCP. The Hall–Kier alpha value is 0.430. The van der Waals surface area contributed by atoms with E-state index in [0.717, 1.165) is 5.92 Å². The van der Waals surface area contributed by atoms with Gasteiger partial charge < -0.3 is 0 Å². The van der Waals surface area contributed by atoms with Crippen molar-refractivity contribution in [3.05, 3.63) is 0 Å². The van der Waals surface area contributed by atoms with Gasteiger partial charge in [0.1, 0.15) is 0 Å². The summed E-state index contributed by atoms with van der Waals surface area (Å²) in [7, 11) is 2.58. The van der Waals surface area contributed by atoms with Crippen LogP contribution in [0.15, 0.2) is 0 Å². The predicted octanol–water partition coefficient (Wildman–Crippen LogP) is 4.10. The summed E-state index contributed by atoms with van der Waals surface area (Å²) in [6, 6.07) is 0. The molecule has 1 rings (SSSR count). The molecule has 0 nitrogen and oxygen atoms in total. The van der Waals surface area contributed by atoms with E-state index in [0.29, 0.717) is 0 Å². The van der Waals surface area contributed by atoms with Crippen molar-refractivity contribution in [1.29, 1.82) is 0 Å². The molecule has 1 fully saturated rings. The standard InChI is InChI=1S/C5H10.C3H8.C2H7P/c1-5-3-2-4-5;1-3-2;1-2-3/h5H,2-4H2,1H3;3H2,1-2H3;2-3H2,1H3. The van der Waals surface area contributed by atoms with Gasteiger partial charge in [0.25, 0.3) is 0 Å². The van der Waals surface area contributed by atoms with Gasteiger partial charge in [0, 0.05) is 0 Å². The highest BCUT2D eigenvalue weighted by molar-refractivity contribution is 7.16. The molecule has 0 N–H and O–H groups in total. The van der Waals surface area contributed by atoms with Gasteiger partial charge in [-0.15, -0.1) is 9.24 Å². The zero-order valence-corrected chi connectivity index (χ0v) is 9.84. The van der Waals surface area contributed by atoms with Gasteiger partial charge in [-0.05, 0) is 12.1 Å². The zero-order valence-electron chi connectivity index (χ0n) is 8.69. The molecular weight excluding hydrogens is 151 g/mol. The van der Waals surface area contributed by atoms with Gasteiger partial charge in [-0.25, -0.2) is 0 Å². The smallest absolute Gasteiger partial charge is 0.0410 e. The van der Waals surface area contributed by atoms with Crippen LogP contribution in [0.4, 0.5) is 0 Å². The Labute approximate surface area is 75.4 Å². The van der Waals surface area contributed by atoms with Crippen molar-refractivity contribution in [2.24, 2.45) is 5.92 Å². The average molecular weight is 176 g/mol. The Balaban J connectivity index is 0. The Morgan fingerprint density at radius 2 is 1.36 bits per heavy atom. The van der Waals surface area contributed by atoms with Crippen LogP contribution in [0.5, 0.6) is 0 Å². The van der Waals surface area contributed by atoms with Crippen molar-refractivity contribution in [2.45, 2.75) is 53.4 Å². The third-order valence-electron chi connectivity index (χ3n) is 1.39. The van der Waals surface area contributed by atoms with Crippen molar-refractivity contribution in [1.82, 2.24) is 0 Å². The van der Waals surface area contributed by atoms with Gasteiger partial charge in [0.15, 0.2) is 0 Å². The first kappa shape index (κ1) is 14.0. The molecule has 0 bridgehead atoms. The Morgan fingerprint density at radius 3 is 1.36 bits per heavy atom. The Morgan fingerprint density at radius 1 is 1.18 bits per heavy atom. The number of rotatable bonds is 0. The van der Waals surface area contributed by atoms with Crippen LogP contribution in [0.1, 0.15) is 53.4 Å². The summed E-state index contributed by atoms with van der Waals surface area (Å²) in [5, 5.41) is 0. The van der Waals surface area contributed by atoms with Crippen molar-refractivity contribution < 1.29 is 0 Å². The summed E-state index contributed by atoms with van der Waals surface area (Å²) in [4.78, 5) is 0. The van der Waals surface area contributed by atoms with E-state index in [1.165, 1.54) is 31.8 Å². The fraction of sp³-hybridized carbons (Fsp3) is 1.00. The summed E-state index contributed by atoms with van der Waals surface area (Å²) >= 11 is 0. The molecule has 1 atom stereocenters. The summed E-state index contributed by atoms with van der Waals surface area (Å²) in [5.41, 5.74) is 0. The van der Waals surface area contributed by atoms with E-state index in [1.807, 2.05) is 0 Å². The van der Waals surface area contributed by atoms with E-state index < -0.39 is 0 Å². The molecule has 1 unspecified atom stereocenters. The minimum absolute atomic E-state index is 1.06. The minimum Gasteiger partial charge on any atom is -0.138 e. The molecule has 1 heteroatoms. The van der Waals surface area contributed by atoms with Crippen LogP contribution in [0, 0.1) is 5.92 Å². The van der Waals surface area contributed by atoms with Gasteiger partial charge in [0.2, 0.25) is 0 Å². The Kier molecular flexibility index (Phi) is 16.6. The molecule has 0 heterocycles. The molecule has 11 heavy (non-hydrogen) atoms. The third kappa shape index (κ3) is 17.9. The number of hydrogen-bond donors (Lipinski definition) is 0. The summed E-state index contributed by atoms with van der Waals surface area (Å²) in [6.07, 6.45) is 6.88. The first-order chi connectivity index (χ1) is 5.22. The van der Waals surface area contributed by atoms with Gasteiger partial charge in [0.05, 0.1) is 0 Å². The average Bonchev–Trinajstić information content (AvgIpc) is 1.87. The second kappa shape index (κ2) is 13.1. The lowest BCUT2D eigenvalue weighted by molar-refractivity contribution is 0.346. The molecule has 0 aromatic rings. The molecule has 0 amide bonds.